The van der Waals surface area contributed by atoms with Crippen LogP contribution in [0.15, 0.2) is 24.3 Å². The average molecular weight is 376 g/mol. The van der Waals surface area contributed by atoms with Crippen molar-refractivity contribution in [1.29, 1.82) is 0 Å². The lowest BCUT2D eigenvalue weighted by atomic mass is 10.2. The third kappa shape index (κ3) is 3.98. The average Bonchev–Trinajstić information content (AvgIpc) is 3.22. The Morgan fingerprint density at radius 1 is 1.31 bits per heavy atom. The maximum atomic E-state index is 12.4. The Morgan fingerprint density at radius 3 is 2.62 bits per heavy atom. The number of aromatic nitrogens is 2. The fourth-order valence-corrected chi connectivity index (χ4v) is 3.77. The lowest BCUT2D eigenvalue weighted by Gasteiger charge is -2.27. The number of carbonyl (C=O) groups excluding carboxylic acids is 1. The first-order valence-corrected chi connectivity index (χ1v) is 9.14. The predicted molar refractivity (Wildman–Crippen MR) is 96.9 cm³/mol. The molecule has 0 bridgehead atoms. The smallest absolute Gasteiger partial charge is 0.410 e. The highest BCUT2D eigenvalue weighted by molar-refractivity contribution is 7.14. The maximum Gasteiger partial charge on any atom is 0.410 e. The van der Waals surface area contributed by atoms with E-state index in [0.29, 0.717) is 11.6 Å². The summed E-state index contributed by atoms with van der Waals surface area (Å²) in [6, 6.07) is 6.05. The molecule has 0 radical (unpaired) electrons. The third-order valence-corrected chi connectivity index (χ3v) is 5.01. The number of rotatable bonds is 3. The van der Waals surface area contributed by atoms with E-state index in [9.17, 15) is 14.9 Å². The molecule has 3 rings (SSSR count). The summed E-state index contributed by atoms with van der Waals surface area (Å²) >= 11 is 1.40. The molecule has 2 heterocycles. The molecule has 0 aliphatic carbocycles. The molecule has 138 valence electrons. The summed E-state index contributed by atoms with van der Waals surface area (Å²) in [5.74, 6) is 0. The van der Waals surface area contributed by atoms with Crippen LogP contribution in [0, 0.1) is 10.1 Å². The summed E-state index contributed by atoms with van der Waals surface area (Å²) in [5, 5.41) is 20.6. The summed E-state index contributed by atoms with van der Waals surface area (Å²) in [5.41, 5.74) is 0.251. The topological polar surface area (TPSA) is 98.5 Å². The Kier molecular flexibility index (Phi) is 4.90. The normalized spacial score (nSPS) is 17.3. The summed E-state index contributed by atoms with van der Waals surface area (Å²) in [6.07, 6.45) is 1.36. The van der Waals surface area contributed by atoms with Gasteiger partial charge in [0.25, 0.3) is 5.69 Å². The van der Waals surface area contributed by atoms with Crippen molar-refractivity contribution in [2.75, 3.05) is 6.54 Å². The van der Waals surface area contributed by atoms with Crippen LogP contribution in [0.4, 0.5) is 10.5 Å². The van der Waals surface area contributed by atoms with Gasteiger partial charge in [-0.3, -0.25) is 15.0 Å². The van der Waals surface area contributed by atoms with Gasteiger partial charge in [-0.05, 0) is 45.7 Å². The number of hydrogen-bond acceptors (Lipinski definition) is 7. The van der Waals surface area contributed by atoms with Crippen LogP contribution in [0.3, 0.4) is 0 Å². The number of carbonyl (C=O) groups is 1. The minimum Gasteiger partial charge on any atom is -0.444 e. The van der Waals surface area contributed by atoms with E-state index in [-0.39, 0.29) is 17.8 Å². The van der Waals surface area contributed by atoms with Gasteiger partial charge in [-0.15, -0.1) is 10.2 Å². The molecule has 1 atom stereocenters. The molecule has 0 unspecified atom stereocenters. The zero-order valence-electron chi connectivity index (χ0n) is 14.8. The van der Waals surface area contributed by atoms with E-state index in [1.54, 1.807) is 17.0 Å². The SMILES string of the molecule is CC(C)(C)OC(=O)N1CCC[C@H]1c1nnc(-c2ccc([N+](=O)[O-])cc2)s1. The molecule has 0 saturated carbocycles. The van der Waals surface area contributed by atoms with Gasteiger partial charge in [0, 0.05) is 24.2 Å². The molecule has 1 aliphatic heterocycles. The van der Waals surface area contributed by atoms with Crippen LogP contribution in [0.25, 0.3) is 10.6 Å². The standard InChI is InChI=1S/C17H20N4O4S/c1-17(2,3)25-16(22)20-10-4-5-13(20)15-19-18-14(26-15)11-6-8-12(9-7-11)21(23)24/h6-9,13H,4-5,10H2,1-3H3/t13-/m0/s1. The summed E-state index contributed by atoms with van der Waals surface area (Å²) in [4.78, 5) is 24.4. The van der Waals surface area contributed by atoms with Gasteiger partial charge in [-0.1, -0.05) is 11.3 Å². The highest BCUT2D eigenvalue weighted by Gasteiger charge is 2.35. The molecule has 9 heteroatoms. The van der Waals surface area contributed by atoms with Gasteiger partial charge in [-0.2, -0.15) is 0 Å². The number of nitrogens with zero attached hydrogens (tertiary/aromatic N) is 4. The fraction of sp³-hybridized carbons (Fsp3) is 0.471. The molecule has 2 aromatic rings. The molecule has 0 spiro atoms. The molecule has 1 fully saturated rings. The van der Waals surface area contributed by atoms with Crippen LogP contribution in [0.1, 0.15) is 44.7 Å². The van der Waals surface area contributed by atoms with Crippen LogP contribution in [-0.4, -0.2) is 38.3 Å². The molecule has 1 amide bonds. The van der Waals surface area contributed by atoms with Crippen molar-refractivity contribution in [2.45, 2.75) is 45.3 Å². The van der Waals surface area contributed by atoms with E-state index in [4.69, 9.17) is 4.74 Å². The Hall–Kier alpha value is -2.55. The van der Waals surface area contributed by atoms with Gasteiger partial charge in [0.2, 0.25) is 0 Å². The number of non-ortho nitro benzene ring substituents is 1. The second-order valence-electron chi connectivity index (χ2n) is 7.08. The number of nitro benzene ring substituents is 1. The molecular weight excluding hydrogens is 356 g/mol. The Morgan fingerprint density at radius 2 is 2.00 bits per heavy atom. The molecular formula is C17H20N4O4S. The van der Waals surface area contributed by atoms with Crippen LogP contribution in [0.5, 0.6) is 0 Å². The van der Waals surface area contributed by atoms with E-state index in [1.165, 1.54) is 23.5 Å². The number of likely N-dealkylation sites (tertiary alicyclic amines) is 1. The van der Waals surface area contributed by atoms with Gasteiger partial charge in [0.15, 0.2) is 0 Å². The molecule has 1 aromatic carbocycles. The highest BCUT2D eigenvalue weighted by atomic mass is 32.1. The second kappa shape index (κ2) is 6.99. The minimum absolute atomic E-state index is 0.0328. The summed E-state index contributed by atoms with van der Waals surface area (Å²) < 4.78 is 5.48. The van der Waals surface area contributed by atoms with Gasteiger partial charge in [-0.25, -0.2) is 4.79 Å². The minimum atomic E-state index is -0.546. The number of ether oxygens (including phenoxy) is 1. The van der Waals surface area contributed by atoms with Gasteiger partial charge >= 0.3 is 6.09 Å². The van der Waals surface area contributed by atoms with Crippen molar-refractivity contribution in [3.05, 3.63) is 39.4 Å². The second-order valence-corrected chi connectivity index (χ2v) is 8.09. The first-order chi connectivity index (χ1) is 12.2. The molecule has 1 aliphatic rings. The van der Waals surface area contributed by atoms with Crippen LogP contribution in [0.2, 0.25) is 0 Å². The lowest BCUT2D eigenvalue weighted by Crippen LogP contribution is -2.36. The van der Waals surface area contributed by atoms with Crippen LogP contribution < -0.4 is 0 Å². The summed E-state index contributed by atoms with van der Waals surface area (Å²) in [7, 11) is 0. The van der Waals surface area contributed by atoms with Crippen LogP contribution >= 0.6 is 11.3 Å². The first kappa shape index (κ1) is 18.2. The van der Waals surface area contributed by atoms with Crippen molar-refractivity contribution in [3.8, 4) is 10.6 Å². The zero-order valence-corrected chi connectivity index (χ0v) is 15.7. The van der Waals surface area contributed by atoms with Crippen molar-refractivity contribution in [1.82, 2.24) is 15.1 Å². The molecule has 26 heavy (non-hydrogen) atoms. The number of benzene rings is 1. The number of amides is 1. The Balaban J connectivity index is 1.78. The van der Waals surface area contributed by atoms with E-state index in [2.05, 4.69) is 10.2 Å². The van der Waals surface area contributed by atoms with Crippen LogP contribution in [-0.2, 0) is 4.74 Å². The monoisotopic (exact) mass is 376 g/mol. The largest absolute Gasteiger partial charge is 0.444 e. The third-order valence-electron chi connectivity index (χ3n) is 3.93. The predicted octanol–water partition coefficient (Wildman–Crippen LogP) is 4.19. The lowest BCUT2D eigenvalue weighted by molar-refractivity contribution is -0.384. The Labute approximate surface area is 155 Å². The number of nitro groups is 1. The van der Waals surface area contributed by atoms with Gasteiger partial charge < -0.3 is 4.74 Å². The van der Waals surface area contributed by atoms with E-state index in [0.717, 1.165) is 23.4 Å². The van der Waals surface area contributed by atoms with E-state index >= 15 is 0 Å². The molecule has 8 nitrogen and oxygen atoms in total. The van der Waals surface area contributed by atoms with Crippen molar-refractivity contribution in [3.63, 3.8) is 0 Å². The van der Waals surface area contributed by atoms with Crippen molar-refractivity contribution >= 4 is 23.1 Å². The maximum absolute atomic E-state index is 12.4. The fourth-order valence-electron chi connectivity index (χ4n) is 2.77. The summed E-state index contributed by atoms with van der Waals surface area (Å²) in [6.45, 7) is 6.15. The highest BCUT2D eigenvalue weighted by Crippen LogP contribution is 2.37. The van der Waals surface area contributed by atoms with Gasteiger partial charge in [0.05, 0.1) is 11.0 Å². The molecule has 0 N–H and O–H groups in total. The number of hydrogen-bond donors (Lipinski definition) is 0. The van der Waals surface area contributed by atoms with Crippen molar-refractivity contribution < 1.29 is 14.5 Å². The van der Waals surface area contributed by atoms with E-state index in [1.807, 2.05) is 20.8 Å². The quantitative estimate of drug-likeness (QED) is 0.588. The van der Waals surface area contributed by atoms with Gasteiger partial charge in [0.1, 0.15) is 15.6 Å². The molecule has 1 aromatic heterocycles. The molecule has 1 saturated heterocycles. The van der Waals surface area contributed by atoms with E-state index < -0.39 is 10.5 Å². The Bertz CT molecular complexity index is 813. The van der Waals surface area contributed by atoms with Crippen molar-refractivity contribution in [2.24, 2.45) is 0 Å². The first-order valence-electron chi connectivity index (χ1n) is 8.32. The zero-order chi connectivity index (χ0) is 18.9.